The average molecular weight is 234 g/mol. The van der Waals surface area contributed by atoms with Gasteiger partial charge in [-0.15, -0.1) is 0 Å². The van der Waals surface area contributed by atoms with Crippen LogP contribution in [0.1, 0.15) is 83.5 Å². The van der Waals surface area contributed by atoms with E-state index in [0.717, 1.165) is 23.7 Å². The maximum absolute atomic E-state index is 1.62. The van der Waals surface area contributed by atoms with Crippen LogP contribution in [0, 0.1) is 23.7 Å². The summed E-state index contributed by atoms with van der Waals surface area (Å²) in [4.78, 5) is 0. The Kier molecular flexibility index (Phi) is 4.08. The second-order valence-electron chi connectivity index (χ2n) is 7.15. The summed E-state index contributed by atoms with van der Waals surface area (Å²) in [7, 11) is 0. The molecule has 2 bridgehead atoms. The molecule has 0 aliphatic heterocycles. The van der Waals surface area contributed by atoms with Gasteiger partial charge in [-0.05, 0) is 42.9 Å². The van der Waals surface area contributed by atoms with Crippen molar-refractivity contribution >= 4 is 0 Å². The highest BCUT2D eigenvalue weighted by atomic mass is 14.5. The lowest BCUT2D eigenvalue weighted by Gasteiger charge is -2.31. The Bertz CT molecular complexity index is 222. The van der Waals surface area contributed by atoms with E-state index < -0.39 is 0 Å². The van der Waals surface area contributed by atoms with Crippen LogP contribution in [0.5, 0.6) is 0 Å². The van der Waals surface area contributed by atoms with Crippen molar-refractivity contribution in [3.8, 4) is 0 Å². The lowest BCUT2D eigenvalue weighted by molar-refractivity contribution is 0.194. The Balaban J connectivity index is 1.55. The molecule has 3 saturated carbocycles. The van der Waals surface area contributed by atoms with E-state index in [1.807, 2.05) is 0 Å². The molecule has 3 atom stereocenters. The molecule has 0 spiro atoms. The average Bonchev–Trinajstić information content (AvgIpc) is 2.98. The van der Waals surface area contributed by atoms with Crippen molar-refractivity contribution in [2.45, 2.75) is 83.5 Å². The molecule has 0 heterocycles. The van der Waals surface area contributed by atoms with Gasteiger partial charge < -0.3 is 0 Å². The number of hydrogen-bond donors (Lipinski definition) is 0. The number of hydrogen-bond acceptors (Lipinski definition) is 0. The van der Waals surface area contributed by atoms with Gasteiger partial charge in [-0.2, -0.15) is 0 Å². The molecule has 3 aliphatic rings. The summed E-state index contributed by atoms with van der Waals surface area (Å²) in [6, 6.07) is 0. The van der Waals surface area contributed by atoms with E-state index in [0.29, 0.717) is 0 Å². The number of fused-ring (bicyclic) bond motifs is 2. The summed E-state index contributed by atoms with van der Waals surface area (Å²) in [5.41, 5.74) is 0. The largest absolute Gasteiger partial charge is 0.0533 e. The van der Waals surface area contributed by atoms with Crippen LogP contribution in [0.3, 0.4) is 0 Å². The molecule has 3 unspecified atom stereocenters. The van der Waals surface area contributed by atoms with Crippen LogP contribution in [0.15, 0.2) is 0 Å². The normalized spacial score (nSPS) is 40.6. The standard InChI is InChI=1S/C17H30/c1-2-4-6-8-15(9-7-5-3-1)17-13-14-10-11-16(17)12-14/h14-17H,1-13H2. The zero-order valence-corrected chi connectivity index (χ0v) is 11.5. The first kappa shape index (κ1) is 12.1. The zero-order chi connectivity index (χ0) is 11.5. The highest BCUT2D eigenvalue weighted by Gasteiger charge is 2.42. The fourth-order valence-corrected chi connectivity index (χ4v) is 5.14. The molecule has 3 aliphatic carbocycles. The summed E-state index contributed by atoms with van der Waals surface area (Å²) < 4.78 is 0. The van der Waals surface area contributed by atoms with Crippen molar-refractivity contribution in [1.29, 1.82) is 0 Å². The second kappa shape index (κ2) is 5.76. The molecule has 0 heteroatoms. The molecule has 0 amide bonds. The Morgan fingerprint density at radius 1 is 0.471 bits per heavy atom. The van der Waals surface area contributed by atoms with Gasteiger partial charge in [0.2, 0.25) is 0 Å². The van der Waals surface area contributed by atoms with Crippen LogP contribution in [0.4, 0.5) is 0 Å². The van der Waals surface area contributed by atoms with Gasteiger partial charge in [-0.3, -0.25) is 0 Å². The molecule has 0 saturated heterocycles. The van der Waals surface area contributed by atoms with E-state index in [2.05, 4.69) is 0 Å². The van der Waals surface area contributed by atoms with Crippen LogP contribution >= 0.6 is 0 Å². The molecule has 98 valence electrons. The lowest BCUT2D eigenvalue weighted by atomic mass is 9.74. The molecular weight excluding hydrogens is 204 g/mol. The maximum Gasteiger partial charge on any atom is -0.0355 e. The molecule has 0 N–H and O–H groups in total. The van der Waals surface area contributed by atoms with Crippen molar-refractivity contribution in [2.75, 3.05) is 0 Å². The third-order valence-corrected chi connectivity index (χ3v) is 6.05. The van der Waals surface area contributed by atoms with Crippen LogP contribution in [0.25, 0.3) is 0 Å². The van der Waals surface area contributed by atoms with Gasteiger partial charge in [0, 0.05) is 0 Å². The lowest BCUT2D eigenvalue weighted by Crippen LogP contribution is -2.21. The Morgan fingerprint density at radius 2 is 1.12 bits per heavy atom. The van der Waals surface area contributed by atoms with Crippen LogP contribution in [-0.4, -0.2) is 0 Å². The smallest absolute Gasteiger partial charge is 0.0355 e. The third kappa shape index (κ3) is 2.88. The van der Waals surface area contributed by atoms with Crippen molar-refractivity contribution in [3.05, 3.63) is 0 Å². The molecular formula is C17H30. The van der Waals surface area contributed by atoms with Gasteiger partial charge in [0.25, 0.3) is 0 Å². The van der Waals surface area contributed by atoms with E-state index in [9.17, 15) is 0 Å². The highest BCUT2D eigenvalue weighted by Crippen LogP contribution is 2.52. The van der Waals surface area contributed by atoms with E-state index in [4.69, 9.17) is 0 Å². The summed E-state index contributed by atoms with van der Waals surface area (Å²) in [5, 5.41) is 0. The van der Waals surface area contributed by atoms with Crippen molar-refractivity contribution < 1.29 is 0 Å². The van der Waals surface area contributed by atoms with Gasteiger partial charge in [-0.25, -0.2) is 0 Å². The topological polar surface area (TPSA) is 0 Å². The molecule has 0 aromatic heterocycles. The maximum atomic E-state index is 1.62. The second-order valence-corrected chi connectivity index (χ2v) is 7.15. The summed E-state index contributed by atoms with van der Waals surface area (Å²) in [6.45, 7) is 0. The minimum atomic E-state index is 1.13. The third-order valence-electron chi connectivity index (χ3n) is 6.05. The Labute approximate surface area is 108 Å². The number of rotatable bonds is 1. The van der Waals surface area contributed by atoms with E-state index in [-0.39, 0.29) is 0 Å². The fourth-order valence-electron chi connectivity index (χ4n) is 5.14. The first-order valence-electron chi connectivity index (χ1n) is 8.43. The molecule has 0 radical (unpaired) electrons. The van der Waals surface area contributed by atoms with E-state index in [1.54, 1.807) is 51.4 Å². The van der Waals surface area contributed by atoms with Crippen molar-refractivity contribution in [3.63, 3.8) is 0 Å². The Morgan fingerprint density at radius 3 is 1.65 bits per heavy atom. The molecule has 0 aromatic rings. The van der Waals surface area contributed by atoms with Gasteiger partial charge in [-0.1, -0.05) is 64.2 Å². The van der Waals surface area contributed by atoms with E-state index in [1.165, 1.54) is 32.1 Å². The molecule has 17 heavy (non-hydrogen) atoms. The van der Waals surface area contributed by atoms with Crippen LogP contribution in [0.2, 0.25) is 0 Å². The fraction of sp³-hybridized carbons (Fsp3) is 1.00. The van der Waals surface area contributed by atoms with Crippen molar-refractivity contribution in [1.82, 2.24) is 0 Å². The summed E-state index contributed by atoms with van der Waals surface area (Å²) >= 11 is 0. The predicted octanol–water partition coefficient (Wildman–Crippen LogP) is 5.56. The van der Waals surface area contributed by atoms with Crippen molar-refractivity contribution in [2.24, 2.45) is 23.7 Å². The quantitative estimate of drug-likeness (QED) is 0.557. The zero-order valence-electron chi connectivity index (χ0n) is 11.5. The minimum absolute atomic E-state index is 1.13. The molecule has 3 rings (SSSR count). The summed E-state index contributed by atoms with van der Waals surface area (Å²) in [5.74, 6) is 4.60. The van der Waals surface area contributed by atoms with Gasteiger partial charge >= 0.3 is 0 Å². The monoisotopic (exact) mass is 234 g/mol. The Hall–Kier alpha value is 0. The minimum Gasteiger partial charge on any atom is -0.0533 e. The molecule has 3 fully saturated rings. The summed E-state index contributed by atoms with van der Waals surface area (Å²) in [6.07, 6.45) is 20.2. The highest BCUT2D eigenvalue weighted by molar-refractivity contribution is 4.92. The SMILES string of the molecule is C1CCCCC(C2CC3CCC2C3)CCCC1. The van der Waals surface area contributed by atoms with E-state index >= 15 is 0 Å². The molecule has 0 aromatic carbocycles. The molecule has 0 nitrogen and oxygen atoms in total. The van der Waals surface area contributed by atoms with Crippen LogP contribution < -0.4 is 0 Å². The van der Waals surface area contributed by atoms with Gasteiger partial charge in [0.1, 0.15) is 0 Å². The first-order valence-corrected chi connectivity index (χ1v) is 8.43. The first-order chi connectivity index (χ1) is 8.43. The van der Waals surface area contributed by atoms with Gasteiger partial charge in [0.15, 0.2) is 0 Å². The van der Waals surface area contributed by atoms with Gasteiger partial charge in [0.05, 0.1) is 0 Å². The predicted molar refractivity (Wildman–Crippen MR) is 74.0 cm³/mol. The van der Waals surface area contributed by atoms with Crippen LogP contribution in [-0.2, 0) is 0 Å².